The highest BCUT2D eigenvalue weighted by atomic mass is 32.1. The highest BCUT2D eigenvalue weighted by Crippen LogP contribution is 2.39. The molecule has 5 heteroatoms. The van der Waals surface area contributed by atoms with Crippen molar-refractivity contribution in [3.8, 4) is 10.4 Å². The third-order valence-electron chi connectivity index (χ3n) is 4.31. The Hall–Kier alpha value is -2.14. The molecule has 0 radical (unpaired) electrons. The van der Waals surface area contributed by atoms with Crippen LogP contribution in [0.2, 0.25) is 0 Å². The van der Waals surface area contributed by atoms with Crippen LogP contribution < -0.4 is 5.32 Å². The number of carboxylic acid groups (broad SMARTS) is 1. The van der Waals surface area contributed by atoms with Gasteiger partial charge in [-0.2, -0.15) is 0 Å². The Morgan fingerprint density at radius 1 is 1.08 bits per heavy atom. The minimum absolute atomic E-state index is 0.0230. The Bertz CT molecular complexity index is 751. The van der Waals surface area contributed by atoms with E-state index in [1.807, 2.05) is 12.1 Å². The summed E-state index contributed by atoms with van der Waals surface area (Å²) in [4.78, 5) is 24.8. The fourth-order valence-corrected chi connectivity index (χ4v) is 4.24. The van der Waals surface area contributed by atoms with E-state index in [9.17, 15) is 9.59 Å². The van der Waals surface area contributed by atoms with Gasteiger partial charge in [-0.1, -0.05) is 30.7 Å². The summed E-state index contributed by atoms with van der Waals surface area (Å²) in [6.45, 7) is 0.595. The summed E-state index contributed by atoms with van der Waals surface area (Å²) in [6, 6.07) is 10.4. The minimum Gasteiger partial charge on any atom is -0.481 e. The highest BCUT2D eigenvalue weighted by molar-refractivity contribution is 7.17. The van der Waals surface area contributed by atoms with Crippen molar-refractivity contribution in [2.45, 2.75) is 38.5 Å². The first-order valence-corrected chi connectivity index (χ1v) is 9.18. The molecular formula is C19H21NO3S. The number of hydrogen-bond acceptors (Lipinski definition) is 3. The molecule has 1 aromatic carbocycles. The molecule has 1 aromatic heterocycles. The molecule has 1 aliphatic carbocycles. The van der Waals surface area contributed by atoms with Crippen LogP contribution in [0.1, 0.15) is 46.5 Å². The van der Waals surface area contributed by atoms with Crippen molar-refractivity contribution in [1.82, 2.24) is 5.32 Å². The van der Waals surface area contributed by atoms with E-state index < -0.39 is 5.97 Å². The molecule has 0 bridgehead atoms. The lowest BCUT2D eigenvalue weighted by Crippen LogP contribution is -2.23. The van der Waals surface area contributed by atoms with Crippen molar-refractivity contribution in [3.63, 3.8) is 0 Å². The van der Waals surface area contributed by atoms with Gasteiger partial charge in [-0.25, -0.2) is 0 Å². The van der Waals surface area contributed by atoms with Crippen molar-refractivity contribution in [3.05, 3.63) is 46.3 Å². The molecule has 3 rings (SSSR count). The zero-order valence-electron chi connectivity index (χ0n) is 13.5. The van der Waals surface area contributed by atoms with E-state index in [0.717, 1.165) is 30.6 Å². The first-order valence-electron chi connectivity index (χ1n) is 8.36. The quantitative estimate of drug-likeness (QED) is 0.750. The molecule has 0 saturated carbocycles. The third kappa shape index (κ3) is 3.85. The van der Waals surface area contributed by atoms with Crippen LogP contribution >= 0.6 is 11.3 Å². The standard InChI is InChI=1S/C19H21NO3S/c21-17(22)8-2-1-5-11-20-19(23)16-12-14-10-9-13-6-3-4-7-15(13)18(14)24-16/h3-4,6-7,12H,1-2,5,8-11H2,(H,20,23)(H,21,22). The molecule has 1 heterocycles. The van der Waals surface area contributed by atoms with Gasteiger partial charge in [0.25, 0.3) is 5.91 Å². The average Bonchev–Trinajstić information content (AvgIpc) is 3.02. The maximum absolute atomic E-state index is 12.3. The molecule has 0 atom stereocenters. The smallest absolute Gasteiger partial charge is 0.303 e. The second-order valence-corrected chi connectivity index (χ2v) is 7.13. The second kappa shape index (κ2) is 7.62. The number of aryl methyl sites for hydroxylation is 2. The zero-order chi connectivity index (χ0) is 16.9. The minimum atomic E-state index is -0.761. The number of amides is 1. The number of benzene rings is 1. The van der Waals surface area contributed by atoms with Crippen LogP contribution in [0.5, 0.6) is 0 Å². The van der Waals surface area contributed by atoms with Gasteiger partial charge in [0.2, 0.25) is 0 Å². The maximum Gasteiger partial charge on any atom is 0.303 e. The van der Waals surface area contributed by atoms with Crippen LogP contribution in [0.3, 0.4) is 0 Å². The number of carbonyl (C=O) groups is 2. The van der Waals surface area contributed by atoms with Gasteiger partial charge in [0, 0.05) is 17.8 Å². The molecule has 24 heavy (non-hydrogen) atoms. The number of rotatable bonds is 7. The van der Waals surface area contributed by atoms with Crippen LogP contribution in [-0.4, -0.2) is 23.5 Å². The first-order chi connectivity index (χ1) is 11.6. The molecule has 1 aliphatic rings. The summed E-state index contributed by atoms with van der Waals surface area (Å²) < 4.78 is 0. The number of carbonyl (C=O) groups excluding carboxylic acids is 1. The molecule has 0 spiro atoms. The number of fused-ring (bicyclic) bond motifs is 3. The molecular weight excluding hydrogens is 322 g/mol. The maximum atomic E-state index is 12.3. The van der Waals surface area contributed by atoms with E-state index >= 15 is 0 Å². The van der Waals surface area contributed by atoms with Gasteiger partial charge in [0.1, 0.15) is 0 Å². The Morgan fingerprint density at radius 2 is 1.88 bits per heavy atom. The van der Waals surface area contributed by atoms with Crippen molar-refractivity contribution < 1.29 is 14.7 Å². The summed E-state index contributed by atoms with van der Waals surface area (Å²) >= 11 is 1.57. The monoisotopic (exact) mass is 343 g/mol. The predicted molar refractivity (Wildman–Crippen MR) is 95.6 cm³/mol. The molecule has 2 aromatic rings. The van der Waals surface area contributed by atoms with E-state index in [1.165, 1.54) is 21.6 Å². The molecule has 2 N–H and O–H groups in total. The van der Waals surface area contributed by atoms with Crippen molar-refractivity contribution in [2.24, 2.45) is 0 Å². The van der Waals surface area contributed by atoms with E-state index in [-0.39, 0.29) is 12.3 Å². The summed E-state index contributed by atoms with van der Waals surface area (Å²) in [5.41, 5.74) is 3.89. The van der Waals surface area contributed by atoms with Gasteiger partial charge in [0.05, 0.1) is 4.88 Å². The van der Waals surface area contributed by atoms with Crippen molar-refractivity contribution in [2.75, 3.05) is 6.54 Å². The van der Waals surface area contributed by atoms with Crippen LogP contribution in [0.15, 0.2) is 30.3 Å². The van der Waals surface area contributed by atoms with Crippen molar-refractivity contribution >= 4 is 23.2 Å². The molecule has 0 aliphatic heterocycles. The van der Waals surface area contributed by atoms with E-state index in [1.54, 1.807) is 11.3 Å². The summed E-state index contributed by atoms with van der Waals surface area (Å²) in [7, 11) is 0. The van der Waals surface area contributed by atoms with Gasteiger partial charge >= 0.3 is 5.97 Å². The summed E-state index contributed by atoms with van der Waals surface area (Å²) in [6.07, 6.45) is 4.52. The predicted octanol–water partition coefficient (Wildman–Crippen LogP) is 3.89. The topological polar surface area (TPSA) is 66.4 Å². The Morgan fingerprint density at radius 3 is 2.71 bits per heavy atom. The van der Waals surface area contributed by atoms with Gasteiger partial charge in [-0.3, -0.25) is 9.59 Å². The van der Waals surface area contributed by atoms with E-state index in [2.05, 4.69) is 23.5 Å². The molecule has 4 nitrogen and oxygen atoms in total. The Kier molecular flexibility index (Phi) is 5.30. The number of nitrogens with one attached hydrogen (secondary N) is 1. The Balaban J connectivity index is 1.56. The lowest BCUT2D eigenvalue weighted by atomic mass is 9.91. The van der Waals surface area contributed by atoms with Crippen molar-refractivity contribution in [1.29, 1.82) is 0 Å². The number of hydrogen-bond donors (Lipinski definition) is 2. The zero-order valence-corrected chi connectivity index (χ0v) is 14.3. The highest BCUT2D eigenvalue weighted by Gasteiger charge is 2.21. The van der Waals surface area contributed by atoms with Gasteiger partial charge in [0.15, 0.2) is 0 Å². The van der Waals surface area contributed by atoms with Crippen LogP contribution in [-0.2, 0) is 17.6 Å². The third-order valence-corrected chi connectivity index (χ3v) is 5.52. The number of aliphatic carboxylic acids is 1. The first kappa shape index (κ1) is 16.7. The lowest BCUT2D eigenvalue weighted by molar-refractivity contribution is -0.137. The molecule has 0 saturated heterocycles. The van der Waals surface area contributed by atoms with E-state index in [0.29, 0.717) is 13.0 Å². The largest absolute Gasteiger partial charge is 0.481 e. The van der Waals surface area contributed by atoms with E-state index in [4.69, 9.17) is 5.11 Å². The average molecular weight is 343 g/mol. The van der Waals surface area contributed by atoms with Crippen LogP contribution in [0, 0.1) is 0 Å². The van der Waals surface area contributed by atoms with Crippen LogP contribution in [0.4, 0.5) is 0 Å². The van der Waals surface area contributed by atoms with Gasteiger partial charge in [-0.15, -0.1) is 11.3 Å². The van der Waals surface area contributed by atoms with Gasteiger partial charge in [-0.05, 0) is 48.4 Å². The molecule has 0 unspecified atom stereocenters. The summed E-state index contributed by atoms with van der Waals surface area (Å²) in [5, 5.41) is 11.5. The second-order valence-electron chi connectivity index (χ2n) is 6.08. The normalized spacial score (nSPS) is 12.3. The SMILES string of the molecule is O=C(O)CCCCCNC(=O)c1cc2c(s1)-c1ccccc1CC2. The molecule has 0 fully saturated rings. The Labute approximate surface area is 145 Å². The molecule has 126 valence electrons. The lowest BCUT2D eigenvalue weighted by Gasteiger charge is -2.15. The summed E-state index contributed by atoms with van der Waals surface area (Å²) in [5.74, 6) is -0.784. The van der Waals surface area contributed by atoms with Gasteiger partial charge < -0.3 is 10.4 Å². The number of unbranched alkanes of at least 4 members (excludes halogenated alkanes) is 2. The van der Waals surface area contributed by atoms with Crippen LogP contribution in [0.25, 0.3) is 10.4 Å². The number of thiophene rings is 1. The number of carboxylic acids is 1. The molecule has 1 amide bonds. The fourth-order valence-electron chi connectivity index (χ4n) is 3.05. The fraction of sp³-hybridized carbons (Fsp3) is 0.368.